The number of carbonyl (C=O) groups is 1. The second-order valence-electron chi connectivity index (χ2n) is 13.5. The van der Waals surface area contributed by atoms with Crippen molar-refractivity contribution in [1.82, 2.24) is 4.90 Å². The van der Waals surface area contributed by atoms with Crippen molar-refractivity contribution in [3.8, 4) is 5.75 Å². The number of hydrogen-bond donors (Lipinski definition) is 1. The highest BCUT2D eigenvalue weighted by atomic mass is 16.5. The summed E-state index contributed by atoms with van der Waals surface area (Å²) in [4.78, 5) is 19.3. The summed E-state index contributed by atoms with van der Waals surface area (Å²) in [7, 11) is 3.99. The van der Waals surface area contributed by atoms with Gasteiger partial charge in [0.2, 0.25) is 5.91 Å². The van der Waals surface area contributed by atoms with Crippen LogP contribution < -0.4 is 20.3 Å². The van der Waals surface area contributed by atoms with E-state index >= 15 is 0 Å². The Balaban J connectivity index is 1.15. The van der Waals surface area contributed by atoms with E-state index in [1.165, 1.54) is 54.6 Å². The normalized spacial score (nSPS) is 22.4. The van der Waals surface area contributed by atoms with E-state index in [1.807, 2.05) is 24.3 Å². The van der Waals surface area contributed by atoms with Crippen LogP contribution in [0.3, 0.4) is 0 Å². The van der Waals surface area contributed by atoms with Crippen molar-refractivity contribution >= 4 is 17.3 Å². The van der Waals surface area contributed by atoms with Gasteiger partial charge >= 0.3 is 0 Å². The second-order valence-corrected chi connectivity index (χ2v) is 13.5. The van der Waals surface area contributed by atoms with E-state index in [4.69, 9.17) is 10.5 Å². The summed E-state index contributed by atoms with van der Waals surface area (Å²) >= 11 is 0. The third kappa shape index (κ3) is 5.99. The van der Waals surface area contributed by atoms with Crippen LogP contribution >= 0.6 is 0 Å². The Morgan fingerprint density at radius 1 is 0.953 bits per heavy atom. The Morgan fingerprint density at radius 2 is 1.63 bits per heavy atom. The highest BCUT2D eigenvalue weighted by molar-refractivity contribution is 5.93. The van der Waals surface area contributed by atoms with E-state index in [0.29, 0.717) is 35.0 Å². The number of ether oxygens (including phenoxy) is 1. The van der Waals surface area contributed by atoms with E-state index in [1.54, 1.807) is 7.11 Å². The molecule has 3 aromatic rings. The standard InChI is InChI=1S/C37H48N4O2/c1-26(2)33-7-5-6-8-34(33)35-23-30(39(3)28-13-15-32(43-4)16-14-28)17-20-41(35)31-24-37(25-31)18-21-40(22-19-37)29-11-9-27(10-12-29)36(38)42/h5-16,26,30-31,35H,17-25H2,1-4H3,(H2,38,42). The molecule has 2 heterocycles. The Kier molecular flexibility index (Phi) is 8.41. The third-order valence-electron chi connectivity index (χ3n) is 10.8. The third-order valence-corrected chi connectivity index (χ3v) is 10.8. The van der Waals surface area contributed by atoms with E-state index in [0.717, 1.165) is 31.8 Å². The SMILES string of the molecule is COc1ccc(N(C)C2CCN(C3CC4(CCN(c5ccc(C(N)=O)cc5)CC4)C3)C(c3ccccc3C(C)C)C2)cc1. The molecule has 2 aliphatic heterocycles. The van der Waals surface area contributed by atoms with Crippen molar-refractivity contribution in [1.29, 1.82) is 0 Å². The predicted octanol–water partition coefficient (Wildman–Crippen LogP) is 7.01. The van der Waals surface area contributed by atoms with Gasteiger partial charge in [-0.15, -0.1) is 0 Å². The molecule has 3 fully saturated rings. The van der Waals surface area contributed by atoms with E-state index in [9.17, 15) is 4.79 Å². The van der Waals surface area contributed by atoms with Crippen LogP contribution in [-0.4, -0.2) is 56.7 Å². The van der Waals surface area contributed by atoms with Crippen molar-refractivity contribution < 1.29 is 9.53 Å². The molecule has 1 saturated carbocycles. The van der Waals surface area contributed by atoms with Crippen LogP contribution in [0.2, 0.25) is 0 Å². The van der Waals surface area contributed by atoms with E-state index in [-0.39, 0.29) is 5.91 Å². The van der Waals surface area contributed by atoms with Crippen molar-refractivity contribution in [2.45, 2.75) is 76.4 Å². The number of primary amides is 1. The summed E-state index contributed by atoms with van der Waals surface area (Å²) in [5.74, 6) is 1.05. The number of amides is 1. The molecule has 43 heavy (non-hydrogen) atoms. The number of piperidine rings is 2. The summed E-state index contributed by atoms with van der Waals surface area (Å²) in [6, 6.07) is 27.1. The maximum absolute atomic E-state index is 11.5. The maximum Gasteiger partial charge on any atom is 0.248 e. The van der Waals surface area contributed by atoms with Gasteiger partial charge in [0.15, 0.2) is 0 Å². The molecule has 1 spiro atoms. The number of nitrogens with two attached hydrogens (primary N) is 1. The molecule has 6 rings (SSSR count). The van der Waals surface area contributed by atoms with Gasteiger partial charge in [-0.1, -0.05) is 38.1 Å². The molecule has 6 heteroatoms. The summed E-state index contributed by atoms with van der Waals surface area (Å²) in [5.41, 5.74) is 12.0. The van der Waals surface area contributed by atoms with Crippen LogP contribution in [-0.2, 0) is 0 Å². The molecule has 0 bridgehead atoms. The van der Waals surface area contributed by atoms with Gasteiger partial charge in [0, 0.05) is 61.7 Å². The minimum atomic E-state index is -0.365. The minimum absolute atomic E-state index is 0.365. The monoisotopic (exact) mass is 580 g/mol. The van der Waals surface area contributed by atoms with Crippen molar-refractivity contribution in [2.75, 3.05) is 43.6 Å². The summed E-state index contributed by atoms with van der Waals surface area (Å²) in [6.07, 6.45) is 7.42. The molecule has 0 radical (unpaired) electrons. The number of carbonyl (C=O) groups excluding carboxylic acids is 1. The molecule has 3 aromatic carbocycles. The quantitative estimate of drug-likeness (QED) is 0.311. The van der Waals surface area contributed by atoms with Gasteiger partial charge in [0.25, 0.3) is 0 Å². The van der Waals surface area contributed by atoms with Gasteiger partial charge < -0.3 is 20.3 Å². The Hall–Kier alpha value is -3.51. The van der Waals surface area contributed by atoms with Crippen LogP contribution in [0.25, 0.3) is 0 Å². The number of likely N-dealkylation sites (tertiary alicyclic amines) is 1. The molecule has 1 amide bonds. The smallest absolute Gasteiger partial charge is 0.248 e. The zero-order valence-electron chi connectivity index (χ0n) is 26.3. The number of nitrogens with zero attached hydrogens (tertiary/aromatic N) is 3. The van der Waals surface area contributed by atoms with Crippen molar-refractivity contribution in [2.24, 2.45) is 11.1 Å². The van der Waals surface area contributed by atoms with Gasteiger partial charge in [-0.3, -0.25) is 9.69 Å². The largest absolute Gasteiger partial charge is 0.497 e. The van der Waals surface area contributed by atoms with Crippen LogP contribution in [0.4, 0.5) is 11.4 Å². The molecule has 2 saturated heterocycles. The van der Waals surface area contributed by atoms with Gasteiger partial charge in [0.1, 0.15) is 5.75 Å². The first-order valence-corrected chi connectivity index (χ1v) is 16.1. The van der Waals surface area contributed by atoms with E-state index < -0.39 is 0 Å². The molecule has 3 aliphatic rings. The molecule has 2 unspecified atom stereocenters. The molecule has 6 nitrogen and oxygen atoms in total. The fourth-order valence-electron chi connectivity index (χ4n) is 8.09. The molecule has 1 aliphatic carbocycles. The van der Waals surface area contributed by atoms with Gasteiger partial charge in [0.05, 0.1) is 7.11 Å². The first-order chi connectivity index (χ1) is 20.8. The lowest BCUT2D eigenvalue weighted by Crippen LogP contribution is -2.58. The Bertz CT molecular complexity index is 1390. The molecule has 2 atom stereocenters. The zero-order chi connectivity index (χ0) is 30.1. The fourth-order valence-corrected chi connectivity index (χ4v) is 8.09. The number of rotatable bonds is 8. The summed E-state index contributed by atoms with van der Waals surface area (Å²) in [5, 5.41) is 0. The maximum atomic E-state index is 11.5. The fraction of sp³-hybridized carbons (Fsp3) is 0.486. The van der Waals surface area contributed by atoms with E-state index in [2.05, 4.69) is 84.1 Å². The van der Waals surface area contributed by atoms with Crippen molar-refractivity contribution in [3.05, 3.63) is 89.5 Å². The minimum Gasteiger partial charge on any atom is -0.497 e. The highest BCUT2D eigenvalue weighted by Gasteiger charge is 2.50. The van der Waals surface area contributed by atoms with Crippen LogP contribution in [0.5, 0.6) is 5.75 Å². The lowest BCUT2D eigenvalue weighted by Gasteiger charge is -2.58. The number of methoxy groups -OCH3 is 1. The van der Waals surface area contributed by atoms with Gasteiger partial charge in [-0.25, -0.2) is 0 Å². The van der Waals surface area contributed by atoms with Crippen LogP contribution in [0.15, 0.2) is 72.8 Å². The van der Waals surface area contributed by atoms with Crippen LogP contribution in [0, 0.1) is 5.41 Å². The number of anilines is 2. The molecular formula is C37H48N4O2. The first kappa shape index (κ1) is 29.6. The number of hydrogen-bond acceptors (Lipinski definition) is 5. The Morgan fingerprint density at radius 3 is 2.26 bits per heavy atom. The zero-order valence-corrected chi connectivity index (χ0v) is 26.3. The molecular weight excluding hydrogens is 532 g/mol. The Labute approximate surface area is 257 Å². The summed E-state index contributed by atoms with van der Waals surface area (Å²) in [6.45, 7) is 7.97. The van der Waals surface area contributed by atoms with Gasteiger partial charge in [-0.2, -0.15) is 0 Å². The second kappa shape index (κ2) is 12.2. The summed E-state index contributed by atoms with van der Waals surface area (Å²) < 4.78 is 5.41. The lowest BCUT2D eigenvalue weighted by molar-refractivity contribution is -0.0499. The highest BCUT2D eigenvalue weighted by Crippen LogP contribution is 2.54. The topological polar surface area (TPSA) is 62.0 Å². The number of benzene rings is 3. The molecule has 228 valence electrons. The molecule has 0 aromatic heterocycles. The predicted molar refractivity (Wildman–Crippen MR) is 176 cm³/mol. The molecule has 2 N–H and O–H groups in total. The van der Waals surface area contributed by atoms with Gasteiger partial charge in [-0.05, 0) is 110 Å². The first-order valence-electron chi connectivity index (χ1n) is 16.1. The average Bonchev–Trinajstić information content (AvgIpc) is 3.03. The van der Waals surface area contributed by atoms with Crippen molar-refractivity contribution in [3.63, 3.8) is 0 Å². The van der Waals surface area contributed by atoms with Crippen LogP contribution in [0.1, 0.15) is 85.8 Å². The lowest BCUT2D eigenvalue weighted by atomic mass is 9.59. The average molecular weight is 581 g/mol.